The van der Waals surface area contributed by atoms with Crippen LogP contribution in [0.2, 0.25) is 0 Å². The molecule has 1 unspecified atom stereocenters. The fourth-order valence-electron chi connectivity index (χ4n) is 5.19. The normalized spacial score (nSPS) is 19.9. The quantitative estimate of drug-likeness (QED) is 0.395. The van der Waals surface area contributed by atoms with Gasteiger partial charge in [0.15, 0.2) is 5.82 Å². The van der Waals surface area contributed by atoms with Crippen molar-refractivity contribution >= 4 is 23.3 Å². The number of alkyl carbamates (subject to hydrolysis) is 1. The van der Waals surface area contributed by atoms with Crippen LogP contribution < -0.4 is 15.8 Å². The Bertz CT molecular complexity index is 1360. The van der Waals surface area contributed by atoms with Gasteiger partial charge in [-0.25, -0.2) is 14.0 Å². The molecule has 1 aliphatic heterocycles. The summed E-state index contributed by atoms with van der Waals surface area (Å²) in [6.45, 7) is 6.60. The van der Waals surface area contributed by atoms with E-state index in [1.54, 1.807) is 34.6 Å². The zero-order chi connectivity index (χ0) is 28.9. The van der Waals surface area contributed by atoms with Crippen LogP contribution in [-0.4, -0.2) is 54.5 Å². The number of rotatable bonds is 6. The van der Waals surface area contributed by atoms with Crippen molar-refractivity contribution in [1.29, 1.82) is 0 Å². The maximum atomic E-state index is 15.6. The van der Waals surface area contributed by atoms with Crippen LogP contribution in [-0.2, 0) is 9.47 Å². The van der Waals surface area contributed by atoms with Gasteiger partial charge in [-0.3, -0.25) is 9.20 Å². The van der Waals surface area contributed by atoms with Crippen molar-refractivity contribution in [1.82, 2.24) is 9.72 Å². The minimum absolute atomic E-state index is 0.0384. The first kappa shape index (κ1) is 28.7. The first-order valence-electron chi connectivity index (χ1n) is 12.9. The molecule has 0 aromatic carbocycles. The number of alkyl halides is 3. The lowest BCUT2D eigenvalue weighted by molar-refractivity contribution is -0.214. The van der Waals surface area contributed by atoms with E-state index in [4.69, 9.17) is 9.47 Å². The highest BCUT2D eigenvalue weighted by Crippen LogP contribution is 2.48. The number of hydrogen-bond donors (Lipinski definition) is 1. The standard InChI is InChI=1S/C27H33F4N3O5/c1-6-38-23(36)18-11-17(16-7-8-16)20-15(2)21(19(28)12-34(20)22(18)35)33-10-9-26(14-33,27(29,30)31)13-32-24(37)39-25(3,4)5/h11-12,16H,6-10,13-14H2,1-5H3,(H,32,37). The predicted molar refractivity (Wildman–Crippen MR) is 136 cm³/mol. The molecular weight excluding hydrogens is 522 g/mol. The number of nitrogens with zero attached hydrogens (tertiary/aromatic N) is 2. The number of carbonyl (C=O) groups is 2. The van der Waals surface area contributed by atoms with E-state index in [1.807, 2.05) is 0 Å². The monoisotopic (exact) mass is 555 g/mol. The van der Waals surface area contributed by atoms with E-state index in [0.29, 0.717) is 16.6 Å². The number of nitrogens with one attached hydrogen (secondary N) is 1. The summed E-state index contributed by atoms with van der Waals surface area (Å²) in [4.78, 5) is 39.0. The van der Waals surface area contributed by atoms with Gasteiger partial charge < -0.3 is 19.7 Å². The zero-order valence-corrected chi connectivity index (χ0v) is 22.6. The molecule has 2 aromatic heterocycles. The molecule has 39 heavy (non-hydrogen) atoms. The molecule has 2 aliphatic rings. The number of pyridine rings is 2. The van der Waals surface area contributed by atoms with Crippen LogP contribution in [0.5, 0.6) is 0 Å². The van der Waals surface area contributed by atoms with E-state index in [0.717, 1.165) is 23.4 Å². The second-order valence-corrected chi connectivity index (χ2v) is 11.3. The summed E-state index contributed by atoms with van der Waals surface area (Å²) >= 11 is 0. The Morgan fingerprint density at radius 2 is 1.87 bits per heavy atom. The lowest BCUT2D eigenvalue weighted by atomic mass is 9.86. The maximum Gasteiger partial charge on any atom is 0.407 e. The fourth-order valence-corrected chi connectivity index (χ4v) is 5.19. The summed E-state index contributed by atoms with van der Waals surface area (Å²) in [7, 11) is 0. The number of carbonyl (C=O) groups excluding carboxylic acids is 2. The molecule has 0 radical (unpaired) electrons. The minimum Gasteiger partial charge on any atom is -0.462 e. The Labute approximate surface area is 223 Å². The second kappa shape index (κ2) is 10.0. The van der Waals surface area contributed by atoms with Gasteiger partial charge in [0.25, 0.3) is 5.56 Å². The molecule has 8 nitrogen and oxygen atoms in total. The van der Waals surface area contributed by atoms with Gasteiger partial charge in [-0.05, 0) is 77.0 Å². The van der Waals surface area contributed by atoms with Crippen LogP contribution in [0.1, 0.15) is 74.4 Å². The summed E-state index contributed by atoms with van der Waals surface area (Å²) in [6, 6.07) is 1.47. The summed E-state index contributed by atoms with van der Waals surface area (Å²) in [5.41, 5.74) is -2.88. The number of esters is 1. The largest absolute Gasteiger partial charge is 0.462 e. The van der Waals surface area contributed by atoms with Gasteiger partial charge in [0, 0.05) is 19.6 Å². The van der Waals surface area contributed by atoms with Gasteiger partial charge >= 0.3 is 18.2 Å². The smallest absolute Gasteiger partial charge is 0.407 e. The lowest BCUT2D eigenvalue weighted by Crippen LogP contribution is -2.50. The summed E-state index contributed by atoms with van der Waals surface area (Å²) < 4.78 is 69.8. The van der Waals surface area contributed by atoms with Gasteiger partial charge in [0.05, 0.1) is 24.0 Å². The molecule has 1 saturated heterocycles. The Kier molecular flexibility index (Phi) is 7.37. The first-order chi connectivity index (χ1) is 18.1. The molecule has 3 heterocycles. The molecule has 1 saturated carbocycles. The Morgan fingerprint density at radius 3 is 2.44 bits per heavy atom. The van der Waals surface area contributed by atoms with Gasteiger partial charge in [-0.1, -0.05) is 0 Å². The molecule has 214 valence electrons. The molecule has 1 atom stereocenters. The van der Waals surface area contributed by atoms with Crippen molar-refractivity contribution in [2.24, 2.45) is 5.41 Å². The Balaban J connectivity index is 1.74. The van der Waals surface area contributed by atoms with Crippen LogP contribution in [0, 0.1) is 18.2 Å². The molecule has 2 aromatic rings. The summed E-state index contributed by atoms with van der Waals surface area (Å²) in [5, 5.41) is 2.24. The molecule has 4 rings (SSSR count). The summed E-state index contributed by atoms with van der Waals surface area (Å²) in [6.07, 6.45) is -3.49. The van der Waals surface area contributed by atoms with Crippen LogP contribution in [0.25, 0.3) is 5.52 Å². The maximum absolute atomic E-state index is 15.6. The molecule has 1 aliphatic carbocycles. The molecule has 12 heteroatoms. The highest BCUT2D eigenvalue weighted by molar-refractivity contribution is 5.90. The van der Waals surface area contributed by atoms with Crippen LogP contribution in [0.3, 0.4) is 0 Å². The Morgan fingerprint density at radius 1 is 1.21 bits per heavy atom. The number of hydrogen-bond acceptors (Lipinski definition) is 6. The van der Waals surface area contributed by atoms with Crippen molar-refractivity contribution in [2.75, 3.05) is 31.1 Å². The van der Waals surface area contributed by atoms with Crippen LogP contribution in [0.4, 0.5) is 28.0 Å². The third-order valence-corrected chi connectivity index (χ3v) is 7.20. The van der Waals surface area contributed by atoms with Gasteiger partial charge in [-0.15, -0.1) is 0 Å². The number of halogens is 4. The molecule has 0 bridgehead atoms. The predicted octanol–water partition coefficient (Wildman–Crippen LogP) is 5.08. The average molecular weight is 556 g/mol. The first-order valence-corrected chi connectivity index (χ1v) is 12.9. The van der Waals surface area contributed by atoms with E-state index >= 15 is 4.39 Å². The van der Waals surface area contributed by atoms with E-state index in [-0.39, 0.29) is 36.7 Å². The van der Waals surface area contributed by atoms with Crippen LogP contribution in [0.15, 0.2) is 17.1 Å². The number of amides is 1. The van der Waals surface area contributed by atoms with Crippen molar-refractivity contribution in [3.63, 3.8) is 0 Å². The van der Waals surface area contributed by atoms with Crippen molar-refractivity contribution in [3.05, 3.63) is 45.1 Å². The molecule has 1 amide bonds. The lowest BCUT2D eigenvalue weighted by Gasteiger charge is -2.33. The summed E-state index contributed by atoms with van der Waals surface area (Å²) in [5.74, 6) is -1.66. The minimum atomic E-state index is -4.69. The number of aryl methyl sites for hydroxylation is 1. The highest BCUT2D eigenvalue weighted by atomic mass is 19.4. The van der Waals surface area contributed by atoms with Gasteiger partial charge in [0.2, 0.25) is 0 Å². The molecular formula is C27H33F4N3O5. The fraction of sp³-hybridized carbons (Fsp3) is 0.593. The number of fused-ring (bicyclic) bond motifs is 1. The number of aromatic nitrogens is 1. The number of anilines is 1. The third kappa shape index (κ3) is 5.56. The molecule has 1 N–H and O–H groups in total. The van der Waals surface area contributed by atoms with E-state index in [1.165, 1.54) is 11.0 Å². The zero-order valence-electron chi connectivity index (χ0n) is 22.6. The second-order valence-electron chi connectivity index (χ2n) is 11.3. The SMILES string of the molecule is CCOC(=O)c1cc(C2CC2)c2c(C)c(N3CCC(CNC(=O)OC(C)(C)C)(C(F)(F)F)C3)c(F)cn2c1=O. The van der Waals surface area contributed by atoms with Crippen LogP contribution >= 0.6 is 0 Å². The van der Waals surface area contributed by atoms with Gasteiger partial charge in [-0.2, -0.15) is 13.2 Å². The van der Waals surface area contributed by atoms with Gasteiger partial charge in [0.1, 0.15) is 16.6 Å². The van der Waals surface area contributed by atoms with E-state index in [2.05, 4.69) is 5.32 Å². The molecule has 2 fully saturated rings. The van der Waals surface area contributed by atoms with Crippen molar-refractivity contribution in [2.45, 2.75) is 71.6 Å². The Hall–Kier alpha value is -3.31. The van der Waals surface area contributed by atoms with E-state index < -0.39 is 53.7 Å². The van der Waals surface area contributed by atoms with Crippen molar-refractivity contribution in [3.8, 4) is 0 Å². The highest BCUT2D eigenvalue weighted by Gasteiger charge is 2.58. The number of ether oxygens (including phenoxy) is 2. The van der Waals surface area contributed by atoms with E-state index in [9.17, 15) is 27.6 Å². The average Bonchev–Trinajstić information content (AvgIpc) is 3.56. The topological polar surface area (TPSA) is 89.3 Å². The molecule has 0 spiro atoms. The van der Waals surface area contributed by atoms with Crippen molar-refractivity contribution < 1.29 is 36.6 Å². The third-order valence-electron chi connectivity index (χ3n) is 7.20.